The number of methoxy groups -OCH3 is 1. The van der Waals surface area contributed by atoms with Crippen LogP contribution in [0, 0.1) is 13.8 Å². The van der Waals surface area contributed by atoms with E-state index >= 15 is 0 Å². The van der Waals surface area contributed by atoms with E-state index in [2.05, 4.69) is 61.1 Å². The van der Waals surface area contributed by atoms with Crippen molar-refractivity contribution in [3.05, 3.63) is 324 Å². The lowest BCUT2D eigenvalue weighted by atomic mass is 9.87. The second kappa shape index (κ2) is 37.0. The molecule has 22 nitrogen and oxygen atoms in total. The Morgan fingerprint density at radius 2 is 0.816 bits per heavy atom. The van der Waals surface area contributed by atoms with Gasteiger partial charge in [-0.2, -0.15) is 33.6 Å². The monoisotopic (exact) mass is 1770 g/mol. The van der Waals surface area contributed by atoms with Gasteiger partial charge in [0.1, 0.15) is 22.7 Å². The van der Waals surface area contributed by atoms with Gasteiger partial charge < -0.3 is 9.47 Å². The lowest BCUT2D eigenvalue weighted by Crippen LogP contribution is -2.13. The molecule has 0 amide bonds. The Balaban J connectivity index is 0.000000143. The van der Waals surface area contributed by atoms with E-state index in [0.717, 1.165) is 72.4 Å². The summed E-state index contributed by atoms with van der Waals surface area (Å²) in [6, 6.07) is 63.0. The number of sulfone groups is 4. The van der Waals surface area contributed by atoms with Crippen LogP contribution in [0.1, 0.15) is 143 Å². The number of rotatable bonds is 22. The fourth-order valence-corrected chi connectivity index (χ4v) is 19.4. The van der Waals surface area contributed by atoms with Crippen LogP contribution in [0.3, 0.4) is 0 Å². The Morgan fingerprint density at radius 1 is 0.408 bits per heavy atom. The predicted molar refractivity (Wildman–Crippen MR) is 473 cm³/mol. The van der Waals surface area contributed by atoms with Crippen LogP contribution in [0.2, 0.25) is 0 Å². The second-order valence-corrected chi connectivity index (χ2v) is 39.7. The average Bonchev–Trinajstić information content (AvgIpc) is 1.68. The summed E-state index contributed by atoms with van der Waals surface area (Å²) in [5.41, 5.74) is 8.01. The molecule has 0 fully saturated rings. The molecule has 16 aromatic rings. The van der Waals surface area contributed by atoms with Crippen molar-refractivity contribution in [2.24, 2.45) is 0 Å². The lowest BCUT2D eigenvalue weighted by Gasteiger charge is -2.19. The van der Waals surface area contributed by atoms with Crippen LogP contribution in [0.4, 0.5) is 22.0 Å². The number of hydrogen-bond acceptors (Lipinski definition) is 18. The van der Waals surface area contributed by atoms with E-state index in [0.29, 0.717) is 66.3 Å². The number of fused-ring (bicyclic) bond motifs is 4. The fourth-order valence-electron chi connectivity index (χ4n) is 14.2. The first kappa shape index (κ1) is 90.0. The van der Waals surface area contributed by atoms with Crippen molar-refractivity contribution in [1.29, 1.82) is 0 Å². The van der Waals surface area contributed by atoms with Crippen LogP contribution in [0.5, 0.6) is 11.5 Å². The molecule has 646 valence electrons. The summed E-state index contributed by atoms with van der Waals surface area (Å²) in [4.78, 5) is 17.7. The zero-order valence-electron chi connectivity index (χ0n) is 70.4. The maximum atomic E-state index is 13.5. The molecule has 16 rings (SSSR count). The van der Waals surface area contributed by atoms with Gasteiger partial charge in [-0.05, 0) is 219 Å². The second-order valence-electron chi connectivity index (χ2n) is 31.8. The van der Waals surface area contributed by atoms with Crippen molar-refractivity contribution >= 4 is 82.7 Å². The summed E-state index contributed by atoms with van der Waals surface area (Å²) in [7, 11) is -13.2. The van der Waals surface area contributed by atoms with Crippen molar-refractivity contribution in [2.75, 3.05) is 7.11 Å². The molecule has 8 aromatic heterocycles. The van der Waals surface area contributed by atoms with Gasteiger partial charge in [-0.3, -0.25) is 19.9 Å². The molecule has 0 atom stereocenters. The third kappa shape index (κ3) is 20.9. The van der Waals surface area contributed by atoms with Gasteiger partial charge in [0.15, 0.2) is 45.0 Å². The first-order valence-electron chi connectivity index (χ1n) is 39.8. The van der Waals surface area contributed by atoms with Gasteiger partial charge in [-0.1, -0.05) is 115 Å². The van der Waals surface area contributed by atoms with E-state index in [-0.39, 0.29) is 60.9 Å². The molecule has 125 heavy (non-hydrogen) atoms. The minimum atomic E-state index is -4.71. The number of pyridine rings is 4. The zero-order valence-corrected chi connectivity index (χ0v) is 73.7. The van der Waals surface area contributed by atoms with Gasteiger partial charge >= 0.3 is 6.18 Å². The van der Waals surface area contributed by atoms with E-state index in [4.69, 9.17) is 9.47 Å². The first-order valence-corrected chi connectivity index (χ1v) is 46.4. The van der Waals surface area contributed by atoms with Crippen LogP contribution in [-0.4, -0.2) is 106 Å². The molecule has 0 aliphatic rings. The van der Waals surface area contributed by atoms with Crippen LogP contribution in [0.25, 0.3) is 66.1 Å². The summed E-state index contributed by atoms with van der Waals surface area (Å²) < 4.78 is 189. The van der Waals surface area contributed by atoms with Gasteiger partial charge in [-0.15, -0.1) is 0 Å². The standard InChI is InChI=1S/C25H27N3O3S.C23H20F3N3O2S.C23H21F2N3O2S.C23H23N3O3S/c1-17-15-19(16-32(29,30)20-10-8-18(9-11-20)25(2,3)4)28(27-17)22-12-13-23(31-5)24-21(22)7-6-14-26-24;1-15(2)16-6-8-19(9-7-16)32(30,31)14-18-12-22(23(24,25)26)28-29(18)21-5-3-4-17-13-27-11-10-20(17)21;1-15(2)16-8-10-18(11-9-16)31(29,30)14-17-13-21(23(24)25)27-28(17)22-7-3-6-20-19(22)5-4-12-26-20;1-16(2)29-20-7-9-21(10-8-20)30(27,28)15-19-13-17(3)25-26(19)23-6-4-5-18-14-24-12-11-22(18)23/h6-15H,16H2,1-5H3;3-13,15H,14H2,1-2H3;3-13,15,23H,14H2,1-2H3;4-14,16H,15H2,1-3H3. The number of alkyl halides is 5. The molecule has 8 heterocycles. The van der Waals surface area contributed by atoms with E-state index in [1.807, 2.05) is 128 Å². The summed E-state index contributed by atoms with van der Waals surface area (Å²) in [6.45, 7) is 21.9. The smallest absolute Gasteiger partial charge is 0.435 e. The molecule has 31 heteroatoms. The maximum absolute atomic E-state index is 13.5. The first-order chi connectivity index (χ1) is 59.2. The number of ether oxygens (including phenoxy) is 2. The summed E-state index contributed by atoms with van der Waals surface area (Å²) in [5, 5.41) is 21.7. The molecule has 0 aliphatic carbocycles. The van der Waals surface area contributed by atoms with Crippen LogP contribution in [-0.2, 0) is 74.0 Å². The number of hydrogen-bond donors (Lipinski definition) is 0. The Labute approximate surface area is 722 Å². The normalized spacial score (nSPS) is 12.2. The quantitative estimate of drug-likeness (QED) is 0.0570. The van der Waals surface area contributed by atoms with E-state index in [1.165, 1.54) is 23.0 Å². The van der Waals surface area contributed by atoms with Gasteiger partial charge in [0.05, 0.1) is 118 Å². The van der Waals surface area contributed by atoms with Crippen LogP contribution in [0.15, 0.2) is 281 Å². The SMILES string of the molecule is CC(C)c1ccc(S(=O)(=O)Cc2cc(C(F)(F)F)nn2-c2cccc3cnccc23)cc1.CC(C)c1ccc(S(=O)(=O)Cc2cc(C(F)F)nn2-c2cccc3ncccc23)cc1.COc1ccc(-n2nc(C)cc2CS(=O)(=O)c2ccc(C(C)(C)C)cc2)c2cccnc12.Cc1cc(CS(=O)(=O)c2ccc(OC(C)C)cc2)n(-c2cccc3cnccc23)n1. The number of halogens is 5. The van der Waals surface area contributed by atoms with Gasteiger partial charge in [-0.25, -0.2) is 61.2 Å². The summed E-state index contributed by atoms with van der Waals surface area (Å²) >= 11 is 0. The molecule has 0 saturated heterocycles. The number of nitrogens with zero attached hydrogens (tertiary/aromatic N) is 12. The minimum absolute atomic E-state index is 0.0284. The topological polar surface area (TPSA) is 278 Å². The Kier molecular flexibility index (Phi) is 26.6. The molecule has 0 bridgehead atoms. The molecule has 0 N–H and O–H groups in total. The number of aromatic nitrogens is 12. The molecular weight excluding hydrogens is 1680 g/mol. The van der Waals surface area contributed by atoms with Gasteiger partial charge in [0.2, 0.25) is 0 Å². The lowest BCUT2D eigenvalue weighted by molar-refractivity contribution is -0.141. The van der Waals surface area contributed by atoms with E-state index < -0.39 is 74.8 Å². The maximum Gasteiger partial charge on any atom is 0.435 e. The highest BCUT2D eigenvalue weighted by Gasteiger charge is 2.37. The molecular formula is C94H91F5N12O10S4. The van der Waals surface area contributed by atoms with Crippen molar-refractivity contribution in [2.45, 2.75) is 155 Å². The highest BCUT2D eigenvalue weighted by molar-refractivity contribution is 7.91. The Hall–Kier alpha value is -12.7. The van der Waals surface area contributed by atoms with Crippen molar-refractivity contribution in [1.82, 2.24) is 59.1 Å². The molecule has 0 unspecified atom stereocenters. The third-order valence-electron chi connectivity index (χ3n) is 20.5. The largest absolute Gasteiger partial charge is 0.494 e. The van der Waals surface area contributed by atoms with E-state index in [1.54, 1.807) is 175 Å². The van der Waals surface area contributed by atoms with E-state index in [9.17, 15) is 55.6 Å². The molecule has 8 aromatic carbocycles. The third-order valence-corrected chi connectivity index (χ3v) is 27.2. The predicted octanol–water partition coefficient (Wildman–Crippen LogP) is 20.5. The molecule has 0 radical (unpaired) electrons. The molecule has 0 spiro atoms. The minimum Gasteiger partial charge on any atom is -0.494 e. The van der Waals surface area contributed by atoms with Crippen molar-refractivity contribution in [3.8, 4) is 34.2 Å². The van der Waals surface area contributed by atoms with Crippen LogP contribution < -0.4 is 9.47 Å². The van der Waals surface area contributed by atoms with Crippen molar-refractivity contribution < 1.29 is 65.1 Å². The van der Waals surface area contributed by atoms with Crippen molar-refractivity contribution in [3.63, 3.8) is 0 Å². The number of aryl methyl sites for hydroxylation is 2. The highest BCUT2D eigenvalue weighted by Crippen LogP contribution is 2.37. The van der Waals surface area contributed by atoms with Crippen LogP contribution >= 0.6 is 0 Å². The van der Waals surface area contributed by atoms with Gasteiger partial charge in [0.25, 0.3) is 6.43 Å². The zero-order chi connectivity index (χ0) is 89.7. The average molecular weight is 1770 g/mol. The fraction of sp³-hybridized carbons (Fsp3) is 0.234. The summed E-state index contributed by atoms with van der Waals surface area (Å²) in [5.74, 6) is 0.407. The Bertz CT molecular complexity index is 7060. The molecule has 0 saturated carbocycles. The van der Waals surface area contributed by atoms with Gasteiger partial charge in [0, 0.05) is 69.5 Å². The summed E-state index contributed by atoms with van der Waals surface area (Å²) in [6.07, 6.45) is 2.44. The molecule has 0 aliphatic heterocycles. The number of benzene rings is 8. The Morgan fingerprint density at radius 3 is 1.26 bits per heavy atom. The highest BCUT2D eigenvalue weighted by atomic mass is 32.2.